The molecule has 0 atom stereocenters. The van der Waals surface area contributed by atoms with E-state index < -0.39 is 37.8 Å². The normalized spacial score (nSPS) is 12.7. The summed E-state index contributed by atoms with van der Waals surface area (Å²) < 4.78 is 65.9. The molecule has 0 saturated heterocycles. The number of benzene rings is 1. The fraction of sp³-hybridized carbons (Fsp3) is 0.538. The molecule has 1 rings (SSSR count). The quantitative estimate of drug-likeness (QED) is 0.771. The summed E-state index contributed by atoms with van der Waals surface area (Å²) in [5, 5.41) is 0. The van der Waals surface area contributed by atoms with Crippen LogP contribution in [0.3, 0.4) is 0 Å². The highest BCUT2D eigenvalue weighted by Gasteiger charge is 2.27. The van der Waals surface area contributed by atoms with Crippen LogP contribution in [0.4, 0.5) is 13.2 Å². The third-order valence-corrected chi connectivity index (χ3v) is 4.68. The van der Waals surface area contributed by atoms with Gasteiger partial charge in [-0.1, -0.05) is 13.8 Å². The third-order valence-electron chi connectivity index (χ3n) is 2.96. The van der Waals surface area contributed by atoms with Gasteiger partial charge in [0.25, 0.3) is 0 Å². The van der Waals surface area contributed by atoms with Crippen molar-refractivity contribution in [3.8, 4) is 0 Å². The van der Waals surface area contributed by atoms with Gasteiger partial charge >= 0.3 is 0 Å². The molecule has 0 saturated carbocycles. The Kier molecular flexibility index (Phi) is 6.07. The Bertz CT molecular complexity index is 582. The molecule has 0 spiro atoms. The predicted octanol–water partition coefficient (Wildman–Crippen LogP) is 3.43. The lowest BCUT2D eigenvalue weighted by molar-refractivity contribution is 0.331. The molecule has 0 aliphatic carbocycles. The minimum atomic E-state index is -4.40. The van der Waals surface area contributed by atoms with Crippen LogP contribution in [0, 0.1) is 22.9 Å². The Morgan fingerprint density at radius 3 is 2.19 bits per heavy atom. The highest BCUT2D eigenvalue weighted by Crippen LogP contribution is 2.24. The highest BCUT2D eigenvalue weighted by atomic mass is 35.5. The summed E-state index contributed by atoms with van der Waals surface area (Å²) in [5.41, 5.74) is -0.422. The van der Waals surface area contributed by atoms with Gasteiger partial charge in [-0.15, -0.1) is 11.6 Å². The molecule has 1 N–H and O–H groups in total. The average molecular weight is 344 g/mol. The van der Waals surface area contributed by atoms with E-state index in [1.54, 1.807) is 13.8 Å². The molecule has 0 aromatic heterocycles. The van der Waals surface area contributed by atoms with E-state index >= 15 is 0 Å². The second-order valence-corrected chi connectivity index (χ2v) is 7.56. The number of nitrogens with one attached hydrogen (secondary N) is 1. The number of hydrogen-bond donors (Lipinski definition) is 1. The van der Waals surface area contributed by atoms with Crippen molar-refractivity contribution in [1.29, 1.82) is 0 Å². The lowest BCUT2D eigenvalue weighted by Crippen LogP contribution is -2.35. The van der Waals surface area contributed by atoms with E-state index in [4.69, 9.17) is 11.6 Å². The Labute approximate surface area is 127 Å². The van der Waals surface area contributed by atoms with E-state index in [-0.39, 0.29) is 6.54 Å². The maximum Gasteiger partial charge on any atom is 0.246 e. The van der Waals surface area contributed by atoms with E-state index in [9.17, 15) is 21.6 Å². The van der Waals surface area contributed by atoms with Crippen molar-refractivity contribution in [2.75, 3.05) is 12.4 Å². The molecule has 0 unspecified atom stereocenters. The SMILES string of the molecule is CC(C)(CCCCl)CNS(=O)(=O)c1c(F)cc(F)cc1F. The van der Waals surface area contributed by atoms with Gasteiger partial charge in [0, 0.05) is 24.6 Å². The second kappa shape index (κ2) is 6.98. The summed E-state index contributed by atoms with van der Waals surface area (Å²) in [5.74, 6) is -3.65. The summed E-state index contributed by atoms with van der Waals surface area (Å²) >= 11 is 5.58. The third kappa shape index (κ3) is 5.16. The molecule has 120 valence electrons. The summed E-state index contributed by atoms with van der Waals surface area (Å²) in [6.07, 6.45) is 1.34. The van der Waals surface area contributed by atoms with Crippen molar-refractivity contribution in [1.82, 2.24) is 4.72 Å². The van der Waals surface area contributed by atoms with E-state index in [1.807, 2.05) is 0 Å². The number of halogens is 4. The van der Waals surface area contributed by atoms with E-state index in [0.717, 1.165) is 0 Å². The van der Waals surface area contributed by atoms with Crippen LogP contribution in [0.15, 0.2) is 17.0 Å². The first-order chi connectivity index (χ1) is 9.59. The molecule has 0 amide bonds. The van der Waals surface area contributed by atoms with Gasteiger partial charge in [0.15, 0.2) is 4.90 Å². The first kappa shape index (κ1) is 18.3. The minimum absolute atomic E-state index is 0.0114. The molecular weight excluding hydrogens is 327 g/mol. The molecule has 1 aromatic rings. The monoisotopic (exact) mass is 343 g/mol. The Hall–Kier alpha value is -0.790. The van der Waals surface area contributed by atoms with E-state index in [2.05, 4.69) is 4.72 Å². The molecular formula is C13H17ClF3NO2S. The van der Waals surface area contributed by atoms with Crippen LogP contribution in [0.5, 0.6) is 0 Å². The molecule has 0 aliphatic rings. The molecule has 8 heteroatoms. The fourth-order valence-electron chi connectivity index (χ4n) is 1.78. The molecule has 3 nitrogen and oxygen atoms in total. The van der Waals surface area contributed by atoms with Crippen molar-refractivity contribution in [2.24, 2.45) is 5.41 Å². The van der Waals surface area contributed by atoms with Crippen molar-refractivity contribution in [2.45, 2.75) is 31.6 Å². The van der Waals surface area contributed by atoms with Crippen LogP contribution in [0.1, 0.15) is 26.7 Å². The van der Waals surface area contributed by atoms with Gasteiger partial charge < -0.3 is 0 Å². The zero-order valence-corrected chi connectivity index (χ0v) is 13.3. The summed E-state index contributed by atoms with van der Waals surface area (Å²) in [7, 11) is -4.40. The summed E-state index contributed by atoms with van der Waals surface area (Å²) in [4.78, 5) is -1.17. The summed E-state index contributed by atoms with van der Waals surface area (Å²) in [6.45, 7) is 3.60. The van der Waals surface area contributed by atoms with Gasteiger partial charge in [-0.05, 0) is 18.3 Å². The molecule has 0 aliphatic heterocycles. The zero-order valence-electron chi connectivity index (χ0n) is 11.7. The molecule has 1 aromatic carbocycles. The van der Waals surface area contributed by atoms with Gasteiger partial charge in [0.05, 0.1) is 0 Å². The number of sulfonamides is 1. The van der Waals surface area contributed by atoms with Crippen LogP contribution < -0.4 is 4.72 Å². The number of hydrogen-bond acceptors (Lipinski definition) is 2. The van der Waals surface area contributed by atoms with Crippen LogP contribution in [-0.2, 0) is 10.0 Å². The van der Waals surface area contributed by atoms with Gasteiger partial charge in [0.1, 0.15) is 17.5 Å². The van der Waals surface area contributed by atoms with Gasteiger partial charge in [-0.25, -0.2) is 26.3 Å². The molecule has 21 heavy (non-hydrogen) atoms. The number of rotatable bonds is 7. The van der Waals surface area contributed by atoms with Gasteiger partial charge in [-0.2, -0.15) is 0 Å². The maximum absolute atomic E-state index is 13.5. The van der Waals surface area contributed by atoms with Crippen molar-refractivity contribution in [3.05, 3.63) is 29.6 Å². The molecule has 0 fully saturated rings. The lowest BCUT2D eigenvalue weighted by atomic mass is 9.88. The first-order valence-electron chi connectivity index (χ1n) is 6.29. The van der Waals surface area contributed by atoms with Crippen LogP contribution >= 0.6 is 11.6 Å². The second-order valence-electron chi connectivity index (χ2n) is 5.48. The average Bonchev–Trinajstić information content (AvgIpc) is 2.33. The van der Waals surface area contributed by atoms with Gasteiger partial charge in [0.2, 0.25) is 10.0 Å². The van der Waals surface area contributed by atoms with Crippen molar-refractivity contribution in [3.63, 3.8) is 0 Å². The maximum atomic E-state index is 13.5. The molecule has 0 bridgehead atoms. The van der Waals surface area contributed by atoms with Gasteiger partial charge in [-0.3, -0.25) is 0 Å². The highest BCUT2D eigenvalue weighted by molar-refractivity contribution is 7.89. The largest absolute Gasteiger partial charge is 0.246 e. The van der Waals surface area contributed by atoms with Crippen molar-refractivity contribution >= 4 is 21.6 Å². The fourth-order valence-corrected chi connectivity index (χ4v) is 3.27. The Balaban J connectivity index is 2.93. The predicted molar refractivity (Wildman–Crippen MR) is 75.2 cm³/mol. The zero-order chi connectivity index (χ0) is 16.3. The molecule has 0 heterocycles. The minimum Gasteiger partial charge on any atom is -0.210 e. The van der Waals surface area contributed by atoms with Crippen molar-refractivity contribution < 1.29 is 21.6 Å². The standard InChI is InChI=1S/C13H17ClF3NO2S/c1-13(2,4-3-5-14)8-18-21(19,20)12-10(16)6-9(15)7-11(12)17/h6-7,18H,3-5,8H2,1-2H3. The Morgan fingerprint density at radius 2 is 1.71 bits per heavy atom. The van der Waals surface area contributed by atoms with Crippen LogP contribution in [0.2, 0.25) is 0 Å². The smallest absolute Gasteiger partial charge is 0.210 e. The van der Waals surface area contributed by atoms with Crippen LogP contribution in [-0.4, -0.2) is 20.8 Å². The lowest BCUT2D eigenvalue weighted by Gasteiger charge is -2.24. The summed E-state index contributed by atoms with van der Waals surface area (Å²) in [6, 6.07) is 0.659. The van der Waals surface area contributed by atoms with E-state index in [0.29, 0.717) is 30.9 Å². The molecule has 0 radical (unpaired) electrons. The Morgan fingerprint density at radius 1 is 1.19 bits per heavy atom. The van der Waals surface area contributed by atoms with Crippen LogP contribution in [0.25, 0.3) is 0 Å². The first-order valence-corrected chi connectivity index (χ1v) is 8.31. The van der Waals surface area contributed by atoms with E-state index in [1.165, 1.54) is 0 Å². The number of alkyl halides is 1. The topological polar surface area (TPSA) is 46.2 Å².